The number of hydrogen-bond donors (Lipinski definition) is 1. The van der Waals surface area contributed by atoms with Crippen LogP contribution < -0.4 is 14.8 Å². The third-order valence-corrected chi connectivity index (χ3v) is 5.35. The van der Waals surface area contributed by atoms with Gasteiger partial charge in [-0.3, -0.25) is 0 Å². The van der Waals surface area contributed by atoms with Crippen molar-refractivity contribution in [2.45, 2.75) is 44.9 Å². The summed E-state index contributed by atoms with van der Waals surface area (Å²) >= 11 is 12.5. The quantitative estimate of drug-likeness (QED) is 0.677. The van der Waals surface area contributed by atoms with Crippen LogP contribution in [0.5, 0.6) is 11.5 Å². The number of benzene rings is 2. The molecule has 0 aliphatic heterocycles. The van der Waals surface area contributed by atoms with Gasteiger partial charge in [-0.05, 0) is 31.0 Å². The Morgan fingerprint density at radius 2 is 1.72 bits per heavy atom. The molecule has 134 valence electrons. The smallest absolute Gasteiger partial charge is 0.166 e. The summed E-state index contributed by atoms with van der Waals surface area (Å²) in [5.74, 6) is 1.46. The summed E-state index contributed by atoms with van der Waals surface area (Å²) in [6.45, 7) is 1.06. The Labute approximate surface area is 159 Å². The van der Waals surface area contributed by atoms with Gasteiger partial charge in [-0.25, -0.2) is 0 Å². The lowest BCUT2D eigenvalue weighted by Crippen LogP contribution is -2.25. The van der Waals surface area contributed by atoms with Crippen molar-refractivity contribution in [2.24, 2.45) is 0 Å². The second-order valence-corrected chi connectivity index (χ2v) is 7.11. The fourth-order valence-electron chi connectivity index (χ4n) is 3.22. The van der Waals surface area contributed by atoms with Crippen molar-refractivity contribution in [3.05, 3.63) is 57.6 Å². The predicted molar refractivity (Wildman–Crippen MR) is 103 cm³/mol. The Hall–Kier alpha value is -1.42. The molecule has 3 nitrogen and oxygen atoms in total. The normalized spacial score (nSPS) is 14.7. The number of nitrogens with one attached hydrogen (secondary N) is 1. The van der Waals surface area contributed by atoms with Crippen molar-refractivity contribution in [2.75, 3.05) is 7.11 Å². The first kappa shape index (κ1) is 18.4. The average Bonchev–Trinajstić information content (AvgIpc) is 3.13. The van der Waals surface area contributed by atoms with E-state index < -0.39 is 0 Å². The van der Waals surface area contributed by atoms with E-state index in [9.17, 15) is 0 Å². The lowest BCUT2D eigenvalue weighted by atomic mass is 10.1. The van der Waals surface area contributed by atoms with E-state index >= 15 is 0 Å². The summed E-state index contributed by atoms with van der Waals surface area (Å²) < 4.78 is 11.6. The van der Waals surface area contributed by atoms with E-state index in [-0.39, 0.29) is 0 Å². The number of hydrogen-bond acceptors (Lipinski definition) is 3. The third kappa shape index (κ3) is 4.60. The first-order valence-corrected chi connectivity index (χ1v) is 9.39. The molecule has 0 amide bonds. The Bertz CT molecular complexity index is 695. The molecule has 1 fully saturated rings. The molecule has 0 heterocycles. The summed E-state index contributed by atoms with van der Waals surface area (Å²) in [5, 5.41) is 4.83. The molecule has 25 heavy (non-hydrogen) atoms. The zero-order chi connectivity index (χ0) is 17.6. The van der Waals surface area contributed by atoms with Crippen LogP contribution in [0.1, 0.15) is 36.8 Å². The van der Waals surface area contributed by atoms with Gasteiger partial charge < -0.3 is 14.8 Å². The highest BCUT2D eigenvalue weighted by Gasteiger charge is 2.17. The largest absolute Gasteiger partial charge is 0.493 e. The van der Waals surface area contributed by atoms with Gasteiger partial charge in [0.15, 0.2) is 11.5 Å². The van der Waals surface area contributed by atoms with Crippen molar-refractivity contribution in [3.8, 4) is 11.5 Å². The molecule has 5 heteroatoms. The Balaban J connectivity index is 1.76. The Morgan fingerprint density at radius 3 is 2.40 bits per heavy atom. The molecule has 1 aliphatic carbocycles. The van der Waals surface area contributed by atoms with Gasteiger partial charge in [0, 0.05) is 33.8 Å². The molecule has 0 bridgehead atoms. The minimum absolute atomic E-state index is 0.301. The van der Waals surface area contributed by atoms with Crippen LogP contribution in [0.3, 0.4) is 0 Å². The van der Waals surface area contributed by atoms with Crippen LogP contribution in [0.25, 0.3) is 0 Å². The number of ether oxygens (including phenoxy) is 2. The van der Waals surface area contributed by atoms with E-state index in [0.717, 1.165) is 23.4 Å². The van der Waals surface area contributed by atoms with Gasteiger partial charge in [-0.1, -0.05) is 54.2 Å². The van der Waals surface area contributed by atoms with Crippen LogP contribution in [-0.2, 0) is 13.2 Å². The van der Waals surface area contributed by atoms with Crippen molar-refractivity contribution in [1.29, 1.82) is 0 Å². The molecule has 1 N–H and O–H groups in total. The summed E-state index contributed by atoms with van der Waals surface area (Å²) in [6.07, 6.45) is 5.11. The maximum Gasteiger partial charge on any atom is 0.166 e. The topological polar surface area (TPSA) is 30.5 Å². The zero-order valence-corrected chi connectivity index (χ0v) is 15.9. The van der Waals surface area contributed by atoms with Crippen LogP contribution in [0, 0.1) is 0 Å². The Morgan fingerprint density at radius 1 is 1.04 bits per heavy atom. The highest BCUT2D eigenvalue weighted by molar-refractivity contribution is 6.35. The van der Waals surface area contributed by atoms with Gasteiger partial charge >= 0.3 is 0 Å². The first-order valence-electron chi connectivity index (χ1n) is 8.64. The standard InChI is InChI=1S/C20H23Cl2NO2/c1-24-19-11-4-6-14(12-23-15-7-2-3-8-15)20(19)25-13-16-17(21)9-5-10-18(16)22/h4-6,9-11,15,23H,2-3,7-8,12-13H2,1H3. The van der Waals surface area contributed by atoms with Crippen molar-refractivity contribution >= 4 is 23.2 Å². The van der Waals surface area contributed by atoms with Gasteiger partial charge in [0.25, 0.3) is 0 Å². The molecule has 0 saturated heterocycles. The van der Waals surface area contributed by atoms with Gasteiger partial charge in [-0.15, -0.1) is 0 Å². The lowest BCUT2D eigenvalue weighted by Gasteiger charge is -2.18. The van der Waals surface area contributed by atoms with E-state index in [4.69, 9.17) is 32.7 Å². The highest BCUT2D eigenvalue weighted by Crippen LogP contribution is 2.34. The lowest BCUT2D eigenvalue weighted by molar-refractivity contribution is 0.280. The molecule has 0 atom stereocenters. The molecule has 2 aromatic rings. The maximum absolute atomic E-state index is 6.25. The van der Waals surface area contributed by atoms with Gasteiger partial charge in [0.05, 0.1) is 7.11 Å². The van der Waals surface area contributed by atoms with Gasteiger partial charge in [-0.2, -0.15) is 0 Å². The van der Waals surface area contributed by atoms with E-state index in [2.05, 4.69) is 11.4 Å². The van der Waals surface area contributed by atoms with E-state index in [1.165, 1.54) is 25.7 Å². The number of methoxy groups -OCH3 is 1. The van der Waals surface area contributed by atoms with Crippen molar-refractivity contribution < 1.29 is 9.47 Å². The predicted octanol–water partition coefficient (Wildman–Crippen LogP) is 5.61. The molecule has 1 aliphatic rings. The second-order valence-electron chi connectivity index (χ2n) is 6.30. The molecule has 1 saturated carbocycles. The fraction of sp³-hybridized carbons (Fsp3) is 0.400. The monoisotopic (exact) mass is 379 g/mol. The fourth-order valence-corrected chi connectivity index (χ4v) is 3.73. The number of rotatable bonds is 7. The number of halogens is 2. The highest BCUT2D eigenvalue weighted by atomic mass is 35.5. The van der Waals surface area contributed by atoms with E-state index in [1.54, 1.807) is 7.11 Å². The van der Waals surface area contributed by atoms with Crippen LogP contribution >= 0.6 is 23.2 Å². The van der Waals surface area contributed by atoms with Gasteiger partial charge in [0.2, 0.25) is 0 Å². The average molecular weight is 380 g/mol. The SMILES string of the molecule is COc1cccc(CNC2CCCC2)c1OCc1c(Cl)cccc1Cl. The van der Waals surface area contributed by atoms with Crippen LogP contribution in [-0.4, -0.2) is 13.2 Å². The summed E-state index contributed by atoms with van der Waals surface area (Å²) in [4.78, 5) is 0. The second kappa shape index (κ2) is 8.79. The maximum atomic E-state index is 6.25. The summed E-state index contributed by atoms with van der Waals surface area (Å²) in [5.41, 5.74) is 1.86. The summed E-state index contributed by atoms with van der Waals surface area (Å²) in [7, 11) is 1.65. The first-order chi connectivity index (χ1) is 12.2. The molecule has 0 spiro atoms. The van der Waals surface area contributed by atoms with E-state index in [1.807, 2.05) is 30.3 Å². The molecule has 0 radical (unpaired) electrons. The van der Waals surface area contributed by atoms with Crippen LogP contribution in [0.2, 0.25) is 10.0 Å². The zero-order valence-electron chi connectivity index (χ0n) is 14.4. The van der Waals surface area contributed by atoms with Crippen molar-refractivity contribution in [1.82, 2.24) is 5.32 Å². The molecule has 3 rings (SSSR count). The molecule has 0 aromatic heterocycles. The van der Waals surface area contributed by atoms with Crippen LogP contribution in [0.15, 0.2) is 36.4 Å². The summed E-state index contributed by atoms with van der Waals surface area (Å²) in [6, 6.07) is 12.0. The molecular weight excluding hydrogens is 357 g/mol. The molecule has 0 unspecified atom stereocenters. The van der Waals surface area contributed by atoms with E-state index in [0.29, 0.717) is 28.4 Å². The Kier molecular flexibility index (Phi) is 6.46. The van der Waals surface area contributed by atoms with Crippen LogP contribution in [0.4, 0.5) is 0 Å². The third-order valence-electron chi connectivity index (χ3n) is 4.64. The molecular formula is C20H23Cl2NO2. The molecule has 2 aromatic carbocycles. The minimum atomic E-state index is 0.301. The number of para-hydroxylation sites is 1. The van der Waals surface area contributed by atoms with Gasteiger partial charge in [0.1, 0.15) is 6.61 Å². The van der Waals surface area contributed by atoms with Crippen molar-refractivity contribution in [3.63, 3.8) is 0 Å². The minimum Gasteiger partial charge on any atom is -0.493 e.